The molecule has 162 valence electrons. The first kappa shape index (κ1) is 22.1. The molecule has 0 saturated heterocycles. The highest BCUT2D eigenvalue weighted by Crippen LogP contribution is 2.34. The van der Waals surface area contributed by atoms with Crippen LogP contribution in [0.15, 0.2) is 43.0 Å². The average molecular weight is 442 g/mol. The van der Waals surface area contributed by atoms with E-state index >= 15 is 0 Å². The number of hydrogen-bond acceptors (Lipinski definition) is 6. The fourth-order valence-corrected chi connectivity index (χ4v) is 2.56. The second-order valence-corrected chi connectivity index (χ2v) is 6.18. The molecule has 0 spiro atoms. The second kappa shape index (κ2) is 8.24. The van der Waals surface area contributed by atoms with Crippen molar-refractivity contribution in [2.24, 2.45) is 0 Å². The number of aromatic nitrogens is 5. The number of hydrogen-bond donors (Lipinski definition) is 1. The van der Waals surface area contributed by atoms with Crippen LogP contribution < -0.4 is 5.32 Å². The van der Waals surface area contributed by atoms with E-state index in [2.05, 4.69) is 30.2 Å². The summed E-state index contributed by atoms with van der Waals surface area (Å²) in [5.74, 6) is -1.01. The third-order valence-corrected chi connectivity index (χ3v) is 3.93. The van der Waals surface area contributed by atoms with Crippen molar-refractivity contribution >= 4 is 5.91 Å². The molecule has 0 bridgehead atoms. The Bertz CT molecular complexity index is 1050. The zero-order valence-electron chi connectivity index (χ0n) is 15.5. The van der Waals surface area contributed by atoms with Gasteiger partial charge < -0.3 is 5.32 Å². The quantitative estimate of drug-likeness (QED) is 0.617. The number of pyridine rings is 1. The maximum absolute atomic E-state index is 13.0. The van der Waals surface area contributed by atoms with Gasteiger partial charge >= 0.3 is 12.4 Å². The van der Waals surface area contributed by atoms with Crippen molar-refractivity contribution in [3.05, 3.63) is 65.6 Å². The summed E-state index contributed by atoms with van der Waals surface area (Å²) < 4.78 is 77.8. The normalized spacial score (nSPS) is 13.0. The van der Waals surface area contributed by atoms with Crippen molar-refractivity contribution in [3.63, 3.8) is 0 Å². The van der Waals surface area contributed by atoms with Crippen LogP contribution in [0.2, 0.25) is 0 Å². The Morgan fingerprint density at radius 3 is 1.97 bits per heavy atom. The first-order valence-corrected chi connectivity index (χ1v) is 8.52. The summed E-state index contributed by atoms with van der Waals surface area (Å²) in [6, 6.07) is 1.10. The third-order valence-electron chi connectivity index (χ3n) is 3.93. The number of carbonyl (C=O) groups is 1. The number of rotatable bonds is 4. The molecule has 1 amide bonds. The lowest BCUT2D eigenvalue weighted by atomic mass is 10.1. The van der Waals surface area contributed by atoms with Gasteiger partial charge in [0.2, 0.25) is 0 Å². The molecule has 3 aromatic heterocycles. The molecule has 3 aromatic rings. The molecule has 0 aromatic carbocycles. The van der Waals surface area contributed by atoms with Crippen LogP contribution in [0.5, 0.6) is 0 Å². The van der Waals surface area contributed by atoms with Gasteiger partial charge in [0.15, 0.2) is 5.82 Å². The Morgan fingerprint density at radius 2 is 1.42 bits per heavy atom. The number of amides is 1. The molecule has 0 saturated carbocycles. The predicted molar refractivity (Wildman–Crippen MR) is 93.2 cm³/mol. The van der Waals surface area contributed by atoms with Crippen molar-refractivity contribution in [3.8, 4) is 11.5 Å². The maximum atomic E-state index is 13.0. The Hall–Kier alpha value is -3.64. The van der Waals surface area contributed by atoms with Gasteiger partial charge in [-0.25, -0.2) is 19.9 Å². The lowest BCUT2D eigenvalue weighted by Crippen LogP contribution is -2.29. The summed E-state index contributed by atoms with van der Waals surface area (Å²) in [4.78, 5) is 31.3. The molecule has 0 aliphatic carbocycles. The van der Waals surface area contributed by atoms with Gasteiger partial charge in [0.05, 0.1) is 11.7 Å². The molecule has 0 radical (unpaired) electrons. The van der Waals surface area contributed by atoms with Gasteiger partial charge in [0, 0.05) is 30.4 Å². The average Bonchev–Trinajstić information content (AvgIpc) is 2.72. The van der Waals surface area contributed by atoms with E-state index in [4.69, 9.17) is 0 Å². The molecule has 1 atom stereocenters. The van der Waals surface area contributed by atoms with E-state index in [1.807, 2.05) is 0 Å². The smallest absolute Gasteiger partial charge is 0.344 e. The molecule has 7 nitrogen and oxygen atoms in total. The van der Waals surface area contributed by atoms with Crippen molar-refractivity contribution < 1.29 is 31.1 Å². The van der Waals surface area contributed by atoms with Crippen LogP contribution >= 0.6 is 0 Å². The van der Waals surface area contributed by atoms with Crippen LogP contribution in [0.3, 0.4) is 0 Å². The highest BCUT2D eigenvalue weighted by Gasteiger charge is 2.39. The standard InChI is InChI=1S/C18H12F6N6O/c1-9(13-14(26-6-5-25-13)15-27-3-2-4-28-15)29-16(31)10-7-11(17(19,20)21)30-12(8-10)18(22,23)24/h2-9H,1H3,(H,29,31). The number of nitrogens with zero attached hydrogens (tertiary/aromatic N) is 5. The molecule has 31 heavy (non-hydrogen) atoms. The Labute approximate surface area is 170 Å². The summed E-state index contributed by atoms with van der Waals surface area (Å²) >= 11 is 0. The van der Waals surface area contributed by atoms with Gasteiger partial charge in [-0.2, -0.15) is 26.3 Å². The molecule has 1 N–H and O–H groups in total. The maximum Gasteiger partial charge on any atom is 0.433 e. The molecule has 0 fully saturated rings. The minimum atomic E-state index is -5.18. The summed E-state index contributed by atoms with van der Waals surface area (Å²) in [7, 11) is 0. The van der Waals surface area contributed by atoms with Gasteiger partial charge in [-0.3, -0.25) is 9.78 Å². The zero-order valence-corrected chi connectivity index (χ0v) is 15.5. The Kier molecular flexibility index (Phi) is 5.86. The van der Waals surface area contributed by atoms with Crippen molar-refractivity contribution in [1.29, 1.82) is 0 Å². The van der Waals surface area contributed by atoms with Gasteiger partial charge in [-0.1, -0.05) is 0 Å². The first-order valence-electron chi connectivity index (χ1n) is 8.52. The minimum Gasteiger partial charge on any atom is -0.344 e. The van der Waals surface area contributed by atoms with E-state index in [1.54, 1.807) is 6.07 Å². The van der Waals surface area contributed by atoms with Crippen LogP contribution in [0.4, 0.5) is 26.3 Å². The fraction of sp³-hybridized carbons (Fsp3) is 0.222. The van der Waals surface area contributed by atoms with E-state index in [0.717, 1.165) is 0 Å². The highest BCUT2D eigenvalue weighted by atomic mass is 19.4. The molecular weight excluding hydrogens is 430 g/mol. The number of carbonyl (C=O) groups excluding carboxylic acids is 1. The Balaban J connectivity index is 1.94. The largest absolute Gasteiger partial charge is 0.433 e. The summed E-state index contributed by atoms with van der Waals surface area (Å²) in [5, 5.41) is 2.32. The molecule has 0 aliphatic rings. The first-order chi connectivity index (χ1) is 14.5. The fourth-order valence-electron chi connectivity index (χ4n) is 2.56. The molecule has 0 aliphatic heterocycles. The summed E-state index contributed by atoms with van der Waals surface area (Å²) in [5.41, 5.74) is -4.17. The lowest BCUT2D eigenvalue weighted by molar-refractivity contribution is -0.150. The van der Waals surface area contributed by atoms with E-state index in [-0.39, 0.29) is 29.3 Å². The molecule has 3 heterocycles. The van der Waals surface area contributed by atoms with Crippen LogP contribution in [0.1, 0.15) is 40.4 Å². The van der Waals surface area contributed by atoms with Gasteiger partial charge in [-0.15, -0.1) is 0 Å². The number of alkyl halides is 6. The Morgan fingerprint density at radius 1 is 0.871 bits per heavy atom. The number of nitrogens with one attached hydrogen (secondary N) is 1. The third kappa shape index (κ3) is 5.10. The van der Waals surface area contributed by atoms with Gasteiger partial charge in [0.1, 0.15) is 17.1 Å². The molecule has 13 heteroatoms. The van der Waals surface area contributed by atoms with Crippen LogP contribution in [0, 0.1) is 0 Å². The monoisotopic (exact) mass is 442 g/mol. The van der Waals surface area contributed by atoms with Crippen molar-refractivity contribution in [2.75, 3.05) is 0 Å². The molecular formula is C18H12F6N6O. The van der Waals surface area contributed by atoms with Crippen molar-refractivity contribution in [1.82, 2.24) is 30.2 Å². The van der Waals surface area contributed by atoms with Gasteiger partial charge in [0.25, 0.3) is 5.91 Å². The second-order valence-electron chi connectivity index (χ2n) is 6.18. The van der Waals surface area contributed by atoms with E-state index in [1.165, 1.54) is 31.7 Å². The predicted octanol–water partition coefficient (Wildman–Crippen LogP) is 3.86. The van der Waals surface area contributed by atoms with Crippen LogP contribution in [0.25, 0.3) is 11.5 Å². The van der Waals surface area contributed by atoms with E-state index < -0.39 is 41.3 Å². The SMILES string of the molecule is CC(NC(=O)c1cc(C(F)(F)F)nc(C(F)(F)F)c1)c1nccnc1-c1ncccn1. The summed E-state index contributed by atoms with van der Waals surface area (Å²) in [6.07, 6.45) is -4.82. The van der Waals surface area contributed by atoms with E-state index in [9.17, 15) is 31.1 Å². The lowest BCUT2D eigenvalue weighted by Gasteiger charge is -2.17. The summed E-state index contributed by atoms with van der Waals surface area (Å²) in [6.45, 7) is 1.44. The minimum absolute atomic E-state index is 0.170. The highest BCUT2D eigenvalue weighted by molar-refractivity contribution is 5.94. The topological polar surface area (TPSA) is 93.6 Å². The van der Waals surface area contributed by atoms with Crippen LogP contribution in [-0.2, 0) is 12.4 Å². The zero-order chi connectivity index (χ0) is 22.8. The van der Waals surface area contributed by atoms with Gasteiger partial charge in [-0.05, 0) is 25.1 Å². The number of halogens is 6. The van der Waals surface area contributed by atoms with Crippen LogP contribution in [-0.4, -0.2) is 30.8 Å². The van der Waals surface area contributed by atoms with E-state index in [0.29, 0.717) is 0 Å². The molecule has 3 rings (SSSR count). The van der Waals surface area contributed by atoms with Crippen molar-refractivity contribution in [2.45, 2.75) is 25.3 Å². The molecule has 1 unspecified atom stereocenters.